The number of hydrogen-bond acceptors (Lipinski definition) is 3. The van der Waals surface area contributed by atoms with Crippen molar-refractivity contribution in [2.75, 3.05) is 0 Å². The Hall–Kier alpha value is -1.37. The third kappa shape index (κ3) is 1.04. The molecule has 0 bridgehead atoms. The molecule has 4 nitrogen and oxygen atoms in total. The van der Waals surface area contributed by atoms with Crippen molar-refractivity contribution in [3.05, 3.63) is 11.9 Å². The second-order valence-corrected chi connectivity index (χ2v) is 3.48. The molecule has 1 aliphatic carbocycles. The summed E-state index contributed by atoms with van der Waals surface area (Å²) >= 11 is 0. The van der Waals surface area contributed by atoms with E-state index in [0.717, 1.165) is 31.5 Å². The Morgan fingerprint density at radius 1 is 1.69 bits per heavy atom. The SMILES string of the molecule is CCn1nncc1C1(C#N)CCC1. The average Bonchev–Trinajstić information content (AvgIpc) is 2.52. The molecular formula is C9H12N4. The van der Waals surface area contributed by atoms with E-state index < -0.39 is 0 Å². The maximum atomic E-state index is 9.11. The number of aromatic nitrogens is 3. The zero-order valence-electron chi connectivity index (χ0n) is 7.69. The van der Waals surface area contributed by atoms with E-state index in [-0.39, 0.29) is 5.41 Å². The van der Waals surface area contributed by atoms with Crippen LogP contribution in [0.5, 0.6) is 0 Å². The Balaban J connectivity index is 2.39. The molecule has 1 aliphatic rings. The Labute approximate surface area is 77.2 Å². The molecule has 1 aromatic heterocycles. The van der Waals surface area contributed by atoms with Crippen molar-refractivity contribution in [3.8, 4) is 6.07 Å². The molecule has 4 heteroatoms. The lowest BCUT2D eigenvalue weighted by atomic mass is 9.68. The van der Waals surface area contributed by atoms with Crippen LogP contribution in [0.1, 0.15) is 31.9 Å². The monoisotopic (exact) mass is 176 g/mol. The van der Waals surface area contributed by atoms with E-state index in [2.05, 4.69) is 16.4 Å². The van der Waals surface area contributed by atoms with Crippen molar-refractivity contribution in [2.45, 2.75) is 38.1 Å². The smallest absolute Gasteiger partial charge is 0.101 e. The van der Waals surface area contributed by atoms with Crippen LogP contribution in [-0.2, 0) is 12.0 Å². The second-order valence-electron chi connectivity index (χ2n) is 3.48. The van der Waals surface area contributed by atoms with E-state index in [0.29, 0.717) is 0 Å². The Morgan fingerprint density at radius 2 is 2.46 bits per heavy atom. The first-order valence-electron chi connectivity index (χ1n) is 4.62. The molecule has 0 spiro atoms. The van der Waals surface area contributed by atoms with Crippen LogP contribution in [0.3, 0.4) is 0 Å². The lowest BCUT2D eigenvalue weighted by Crippen LogP contribution is -2.34. The average molecular weight is 176 g/mol. The van der Waals surface area contributed by atoms with E-state index >= 15 is 0 Å². The van der Waals surface area contributed by atoms with E-state index in [1.807, 2.05) is 11.6 Å². The molecule has 0 amide bonds. The van der Waals surface area contributed by atoms with Crippen molar-refractivity contribution < 1.29 is 0 Å². The number of hydrogen-bond donors (Lipinski definition) is 0. The summed E-state index contributed by atoms with van der Waals surface area (Å²) in [6.07, 6.45) is 4.78. The first-order valence-corrected chi connectivity index (χ1v) is 4.62. The summed E-state index contributed by atoms with van der Waals surface area (Å²) in [5.74, 6) is 0. The molecule has 0 radical (unpaired) electrons. The maximum Gasteiger partial charge on any atom is 0.101 e. The highest BCUT2D eigenvalue weighted by atomic mass is 15.4. The summed E-state index contributed by atoms with van der Waals surface area (Å²) in [5, 5.41) is 16.9. The van der Waals surface area contributed by atoms with Gasteiger partial charge in [0, 0.05) is 6.54 Å². The molecule has 0 saturated heterocycles. The van der Waals surface area contributed by atoms with Crippen molar-refractivity contribution in [1.29, 1.82) is 5.26 Å². The summed E-state index contributed by atoms with van der Waals surface area (Å²) < 4.78 is 1.82. The predicted molar refractivity (Wildman–Crippen MR) is 46.8 cm³/mol. The van der Waals surface area contributed by atoms with Crippen molar-refractivity contribution in [3.63, 3.8) is 0 Å². The third-order valence-electron chi connectivity index (χ3n) is 2.83. The number of rotatable bonds is 2. The predicted octanol–water partition coefficient (Wildman–Crippen LogP) is 1.24. The molecule has 68 valence electrons. The normalized spacial score (nSPS) is 19.1. The van der Waals surface area contributed by atoms with Crippen LogP contribution in [0, 0.1) is 11.3 Å². The Bertz CT molecular complexity index is 343. The van der Waals surface area contributed by atoms with Gasteiger partial charge in [0.05, 0.1) is 18.0 Å². The fourth-order valence-electron chi connectivity index (χ4n) is 1.82. The van der Waals surface area contributed by atoms with Gasteiger partial charge in [0.15, 0.2) is 0 Å². The second kappa shape index (κ2) is 2.84. The molecule has 0 aliphatic heterocycles. The molecule has 2 rings (SSSR count). The molecule has 1 fully saturated rings. The molecule has 0 aromatic carbocycles. The van der Waals surface area contributed by atoms with E-state index in [1.165, 1.54) is 0 Å². The minimum absolute atomic E-state index is 0.278. The van der Waals surface area contributed by atoms with Crippen molar-refractivity contribution >= 4 is 0 Å². The van der Waals surface area contributed by atoms with Crippen molar-refractivity contribution in [1.82, 2.24) is 15.0 Å². The fourth-order valence-corrected chi connectivity index (χ4v) is 1.82. The Morgan fingerprint density at radius 3 is 2.92 bits per heavy atom. The van der Waals surface area contributed by atoms with E-state index in [9.17, 15) is 0 Å². The highest BCUT2D eigenvalue weighted by molar-refractivity contribution is 5.27. The van der Waals surface area contributed by atoms with Gasteiger partial charge in [0.25, 0.3) is 0 Å². The highest BCUT2D eigenvalue weighted by Gasteiger charge is 2.41. The first-order chi connectivity index (χ1) is 6.32. The fraction of sp³-hybridized carbons (Fsp3) is 0.667. The van der Waals surface area contributed by atoms with Gasteiger partial charge in [-0.05, 0) is 26.2 Å². The van der Waals surface area contributed by atoms with Gasteiger partial charge in [0.1, 0.15) is 5.41 Å². The lowest BCUT2D eigenvalue weighted by Gasteiger charge is -2.34. The minimum Gasteiger partial charge on any atom is -0.248 e. The molecule has 1 heterocycles. The van der Waals surface area contributed by atoms with Gasteiger partial charge in [-0.25, -0.2) is 4.68 Å². The van der Waals surface area contributed by atoms with Gasteiger partial charge in [-0.2, -0.15) is 5.26 Å². The van der Waals surface area contributed by atoms with Gasteiger partial charge < -0.3 is 0 Å². The van der Waals surface area contributed by atoms with Crippen LogP contribution in [-0.4, -0.2) is 15.0 Å². The van der Waals surface area contributed by atoms with Crippen molar-refractivity contribution in [2.24, 2.45) is 0 Å². The molecular weight excluding hydrogens is 164 g/mol. The maximum absolute atomic E-state index is 9.11. The molecule has 1 saturated carbocycles. The molecule has 0 unspecified atom stereocenters. The van der Waals surface area contributed by atoms with Crippen LogP contribution in [0.2, 0.25) is 0 Å². The molecule has 13 heavy (non-hydrogen) atoms. The van der Waals surface area contributed by atoms with Crippen LogP contribution < -0.4 is 0 Å². The van der Waals surface area contributed by atoms with Crippen LogP contribution in [0.15, 0.2) is 6.20 Å². The van der Waals surface area contributed by atoms with Gasteiger partial charge in [-0.1, -0.05) is 5.21 Å². The quantitative estimate of drug-likeness (QED) is 0.681. The topological polar surface area (TPSA) is 54.5 Å². The van der Waals surface area contributed by atoms with Gasteiger partial charge in [-0.15, -0.1) is 5.10 Å². The van der Waals surface area contributed by atoms with E-state index in [4.69, 9.17) is 5.26 Å². The lowest BCUT2D eigenvalue weighted by molar-refractivity contribution is 0.301. The zero-order chi connectivity index (χ0) is 9.31. The van der Waals surface area contributed by atoms with Gasteiger partial charge in [0.2, 0.25) is 0 Å². The molecule has 1 aromatic rings. The largest absolute Gasteiger partial charge is 0.248 e. The summed E-state index contributed by atoms with van der Waals surface area (Å²) in [7, 11) is 0. The van der Waals surface area contributed by atoms with Crippen LogP contribution in [0.25, 0.3) is 0 Å². The molecule has 0 N–H and O–H groups in total. The number of nitrogens with zero attached hydrogens (tertiary/aromatic N) is 4. The van der Waals surface area contributed by atoms with E-state index in [1.54, 1.807) is 6.20 Å². The van der Waals surface area contributed by atoms with Crippen LogP contribution >= 0.6 is 0 Å². The van der Waals surface area contributed by atoms with Gasteiger partial charge in [-0.3, -0.25) is 0 Å². The summed E-state index contributed by atoms with van der Waals surface area (Å²) in [5.41, 5.74) is 0.711. The first kappa shape index (κ1) is 8.24. The summed E-state index contributed by atoms with van der Waals surface area (Å²) in [6.45, 7) is 2.81. The van der Waals surface area contributed by atoms with Crippen LogP contribution in [0.4, 0.5) is 0 Å². The third-order valence-corrected chi connectivity index (χ3v) is 2.83. The summed E-state index contributed by atoms with van der Waals surface area (Å²) in [4.78, 5) is 0. The Kier molecular flexibility index (Phi) is 1.80. The number of aryl methyl sites for hydroxylation is 1. The van der Waals surface area contributed by atoms with Gasteiger partial charge >= 0.3 is 0 Å². The zero-order valence-corrected chi connectivity index (χ0v) is 7.69. The highest BCUT2D eigenvalue weighted by Crippen LogP contribution is 2.42. The minimum atomic E-state index is -0.278. The standard InChI is InChI=1S/C9H12N4/c1-2-13-8(6-11-12-13)9(7-10)4-3-5-9/h6H,2-5H2,1H3. The summed E-state index contributed by atoms with van der Waals surface area (Å²) in [6, 6.07) is 2.39. The number of nitriles is 1. The molecule has 0 atom stereocenters.